The third kappa shape index (κ3) is 5.48. The molecule has 21 heavy (non-hydrogen) atoms. The molecule has 8 nitrogen and oxygen atoms in total. The van der Waals surface area contributed by atoms with Crippen LogP contribution < -0.4 is 20.7 Å². The van der Waals surface area contributed by atoms with Crippen LogP contribution in [0.4, 0.5) is 10.9 Å². The predicted molar refractivity (Wildman–Crippen MR) is 85.2 cm³/mol. The van der Waals surface area contributed by atoms with Gasteiger partial charge in [0.05, 0.1) is 6.26 Å². The Bertz CT molecular complexity index is 622. The second kappa shape index (κ2) is 6.16. The van der Waals surface area contributed by atoms with Crippen LogP contribution in [0, 0.1) is 0 Å². The van der Waals surface area contributed by atoms with Crippen LogP contribution in [0.2, 0.25) is 0 Å². The number of aromatic nitrogens is 1. The lowest BCUT2D eigenvalue weighted by atomic mass is 10.1. The molecule has 0 saturated carbocycles. The Morgan fingerprint density at radius 2 is 2.00 bits per heavy atom. The number of thiazole rings is 1. The second-order valence-corrected chi connectivity index (χ2v) is 8.27. The van der Waals surface area contributed by atoms with Crippen molar-refractivity contribution in [1.29, 1.82) is 0 Å². The van der Waals surface area contributed by atoms with E-state index in [0.29, 0.717) is 10.0 Å². The molecule has 1 amide bonds. The Morgan fingerprint density at radius 3 is 2.43 bits per heavy atom. The predicted octanol–water partition coefficient (Wildman–Crippen LogP) is -0.151. The molecule has 0 saturated heterocycles. The summed E-state index contributed by atoms with van der Waals surface area (Å²) in [6.07, 6.45) is 1.07. The number of hydrogen-bond acceptors (Lipinski definition) is 7. The van der Waals surface area contributed by atoms with Crippen molar-refractivity contribution in [2.75, 3.05) is 37.5 Å². The number of nitrogens with one attached hydrogen (secondary N) is 2. The molecule has 10 heteroatoms. The molecule has 0 aliphatic rings. The highest BCUT2D eigenvalue weighted by Gasteiger charge is 2.24. The topological polar surface area (TPSA) is 117 Å². The lowest BCUT2D eigenvalue weighted by molar-refractivity contribution is 0.0949. The molecule has 1 rings (SSSR count). The van der Waals surface area contributed by atoms with Gasteiger partial charge in [-0.25, -0.2) is 18.1 Å². The van der Waals surface area contributed by atoms with Crippen LogP contribution in [0.1, 0.15) is 23.5 Å². The average Bonchev–Trinajstić information content (AvgIpc) is 2.65. The molecule has 0 atom stereocenters. The first-order chi connectivity index (χ1) is 9.41. The number of carbonyl (C=O) groups is 1. The minimum Gasteiger partial charge on any atom is -0.382 e. The van der Waals surface area contributed by atoms with E-state index in [2.05, 4.69) is 15.0 Å². The van der Waals surface area contributed by atoms with Crippen molar-refractivity contribution in [2.24, 2.45) is 0 Å². The highest BCUT2D eigenvalue weighted by molar-refractivity contribution is 7.88. The summed E-state index contributed by atoms with van der Waals surface area (Å²) in [5, 5.41) is 3.29. The molecule has 0 bridgehead atoms. The number of nitrogen functional groups attached to an aromatic ring is 1. The Morgan fingerprint density at radius 1 is 1.43 bits per heavy atom. The van der Waals surface area contributed by atoms with Crippen LogP contribution in [-0.2, 0) is 10.0 Å². The largest absolute Gasteiger partial charge is 0.382 e. The van der Waals surface area contributed by atoms with E-state index >= 15 is 0 Å². The minimum absolute atomic E-state index is 0.132. The quantitative estimate of drug-likeness (QED) is 0.665. The van der Waals surface area contributed by atoms with E-state index in [-0.39, 0.29) is 18.3 Å². The first kappa shape index (κ1) is 17.7. The molecule has 1 aromatic heterocycles. The third-order valence-corrected chi connectivity index (χ3v) is 4.54. The number of nitrogens with two attached hydrogens (primary N) is 1. The summed E-state index contributed by atoms with van der Waals surface area (Å²) in [6.45, 7) is 3.48. The van der Waals surface area contributed by atoms with Crippen LogP contribution in [0.3, 0.4) is 0 Å². The molecule has 0 aliphatic heterocycles. The Hall–Kier alpha value is -1.39. The number of carbonyl (C=O) groups excluding carboxylic acids is 1. The smallest absolute Gasteiger partial charge is 0.265 e. The van der Waals surface area contributed by atoms with Crippen LogP contribution in [0.5, 0.6) is 0 Å². The summed E-state index contributed by atoms with van der Waals surface area (Å²) < 4.78 is 24.9. The van der Waals surface area contributed by atoms with E-state index in [0.717, 1.165) is 6.26 Å². The van der Waals surface area contributed by atoms with Crippen LogP contribution in [0.15, 0.2) is 0 Å². The van der Waals surface area contributed by atoms with Crippen molar-refractivity contribution < 1.29 is 13.2 Å². The van der Waals surface area contributed by atoms with Gasteiger partial charge in [0.2, 0.25) is 10.0 Å². The fraction of sp³-hybridized carbons (Fsp3) is 0.636. The number of sulfonamides is 1. The van der Waals surface area contributed by atoms with Crippen LogP contribution in [-0.4, -0.2) is 51.7 Å². The van der Waals surface area contributed by atoms with Gasteiger partial charge in [0.1, 0.15) is 10.7 Å². The summed E-state index contributed by atoms with van der Waals surface area (Å²) in [6, 6.07) is 0. The highest BCUT2D eigenvalue weighted by Crippen LogP contribution is 2.26. The molecule has 1 aromatic rings. The average molecular weight is 335 g/mol. The normalized spacial score (nSPS) is 12.2. The number of hydrogen-bond donors (Lipinski definition) is 3. The lowest BCUT2D eigenvalue weighted by Gasteiger charge is -2.25. The standard InChI is InChI=1S/C11H21N5O3S2/c1-11(2,15-21(5,18)19)6-13-9(17)7-8(12)14-10(20-7)16(3)4/h15H,6,12H2,1-5H3,(H,13,17). The Labute approximate surface area is 128 Å². The van der Waals surface area contributed by atoms with Gasteiger partial charge in [0.15, 0.2) is 5.13 Å². The summed E-state index contributed by atoms with van der Waals surface area (Å²) in [5.74, 6) is -0.212. The van der Waals surface area contributed by atoms with Gasteiger partial charge in [-0.3, -0.25) is 4.79 Å². The van der Waals surface area contributed by atoms with Gasteiger partial charge in [0.25, 0.3) is 5.91 Å². The first-order valence-corrected chi connectivity index (χ1v) is 8.83. The third-order valence-electron chi connectivity index (χ3n) is 2.38. The van der Waals surface area contributed by atoms with E-state index in [1.54, 1.807) is 32.8 Å². The van der Waals surface area contributed by atoms with Gasteiger partial charge < -0.3 is 16.0 Å². The molecule has 0 aromatic carbocycles. The SMILES string of the molecule is CN(C)c1nc(N)c(C(=O)NCC(C)(C)NS(C)(=O)=O)s1. The van der Waals surface area contributed by atoms with Crippen molar-refractivity contribution >= 4 is 38.2 Å². The molecule has 0 radical (unpaired) electrons. The maximum absolute atomic E-state index is 12.1. The van der Waals surface area contributed by atoms with Crippen molar-refractivity contribution in [1.82, 2.24) is 15.0 Å². The molecule has 1 heterocycles. The number of rotatable bonds is 6. The van der Waals surface area contributed by atoms with Gasteiger partial charge >= 0.3 is 0 Å². The van der Waals surface area contributed by atoms with Gasteiger partial charge in [-0.15, -0.1) is 0 Å². The summed E-state index contributed by atoms with van der Waals surface area (Å²) in [7, 11) is 0.257. The van der Waals surface area contributed by atoms with Gasteiger partial charge in [-0.05, 0) is 13.8 Å². The molecular formula is C11H21N5O3S2. The van der Waals surface area contributed by atoms with Crippen LogP contribution in [0.25, 0.3) is 0 Å². The monoisotopic (exact) mass is 335 g/mol. The van der Waals surface area contributed by atoms with Gasteiger partial charge in [-0.2, -0.15) is 0 Å². The van der Waals surface area contributed by atoms with Gasteiger partial charge in [0, 0.05) is 26.2 Å². The van der Waals surface area contributed by atoms with E-state index in [1.165, 1.54) is 11.3 Å². The molecule has 0 fully saturated rings. The van der Waals surface area contributed by atoms with Crippen molar-refractivity contribution in [3.8, 4) is 0 Å². The van der Waals surface area contributed by atoms with E-state index in [4.69, 9.17) is 5.73 Å². The Balaban J connectivity index is 2.74. The molecule has 4 N–H and O–H groups in total. The lowest BCUT2D eigenvalue weighted by Crippen LogP contribution is -2.50. The summed E-state index contributed by atoms with van der Waals surface area (Å²) in [4.78, 5) is 18.3. The Kier molecular flexibility index (Phi) is 5.18. The van der Waals surface area contributed by atoms with Crippen molar-refractivity contribution in [3.05, 3.63) is 4.88 Å². The maximum atomic E-state index is 12.1. The van der Waals surface area contributed by atoms with E-state index in [1.807, 2.05) is 0 Å². The number of amides is 1. The van der Waals surface area contributed by atoms with Crippen LogP contribution >= 0.6 is 11.3 Å². The highest BCUT2D eigenvalue weighted by atomic mass is 32.2. The summed E-state index contributed by atoms with van der Waals surface area (Å²) in [5.41, 5.74) is 4.92. The number of anilines is 2. The fourth-order valence-corrected chi connectivity index (χ4v) is 3.49. The summed E-state index contributed by atoms with van der Waals surface area (Å²) >= 11 is 1.18. The minimum atomic E-state index is -3.35. The molecule has 120 valence electrons. The first-order valence-electron chi connectivity index (χ1n) is 6.12. The van der Waals surface area contributed by atoms with Crippen molar-refractivity contribution in [3.63, 3.8) is 0 Å². The molecule has 0 unspecified atom stereocenters. The molecular weight excluding hydrogens is 314 g/mol. The zero-order chi connectivity index (χ0) is 16.4. The second-order valence-electron chi connectivity index (χ2n) is 5.55. The number of nitrogens with zero attached hydrogens (tertiary/aromatic N) is 2. The van der Waals surface area contributed by atoms with Gasteiger partial charge in [-0.1, -0.05) is 11.3 Å². The zero-order valence-electron chi connectivity index (χ0n) is 12.7. The van der Waals surface area contributed by atoms with E-state index in [9.17, 15) is 13.2 Å². The maximum Gasteiger partial charge on any atom is 0.265 e. The molecule has 0 spiro atoms. The zero-order valence-corrected chi connectivity index (χ0v) is 14.4. The molecule has 0 aliphatic carbocycles. The van der Waals surface area contributed by atoms with E-state index < -0.39 is 15.6 Å². The fourth-order valence-electron chi connectivity index (χ4n) is 1.59. The van der Waals surface area contributed by atoms with Crippen molar-refractivity contribution in [2.45, 2.75) is 19.4 Å².